The lowest BCUT2D eigenvalue weighted by Crippen LogP contribution is -1.95. The summed E-state index contributed by atoms with van der Waals surface area (Å²) < 4.78 is 0. The van der Waals surface area contributed by atoms with Crippen molar-refractivity contribution in [2.75, 3.05) is 0 Å². The van der Waals surface area contributed by atoms with Crippen LogP contribution in [0, 0.1) is 0 Å². The Kier molecular flexibility index (Phi) is 4.14. The number of allylic oxidation sites excluding steroid dienone is 1. The Labute approximate surface area is 83.1 Å². The summed E-state index contributed by atoms with van der Waals surface area (Å²) in [4.78, 5) is 10.5. The van der Waals surface area contributed by atoms with Crippen LogP contribution in [0.2, 0.25) is 0 Å². The molecule has 0 aliphatic carbocycles. The molecule has 1 rings (SSSR count). The maximum absolute atomic E-state index is 10.5. The molecule has 0 fully saturated rings. The zero-order valence-corrected chi connectivity index (χ0v) is 7.97. The van der Waals surface area contributed by atoms with Crippen LogP contribution in [0.5, 0.6) is 0 Å². The monoisotopic (exact) mass is 188 g/mol. The lowest BCUT2D eigenvalue weighted by Gasteiger charge is -1.90. The Balaban J connectivity index is 2.39. The van der Waals surface area contributed by atoms with Crippen molar-refractivity contribution >= 4 is 12.0 Å². The van der Waals surface area contributed by atoms with E-state index in [1.165, 1.54) is 19.2 Å². The van der Waals surface area contributed by atoms with E-state index >= 15 is 0 Å². The molecule has 1 aromatic rings. The fourth-order valence-electron chi connectivity index (χ4n) is 0.849. The molecule has 1 aromatic carbocycles. The predicted molar refractivity (Wildman–Crippen MR) is 57.0 cm³/mol. The van der Waals surface area contributed by atoms with Crippen LogP contribution in [0.3, 0.4) is 0 Å². The molecular formula is C11H12N2O. The number of hydrogen-bond donors (Lipinski definition) is 1. The van der Waals surface area contributed by atoms with Gasteiger partial charge in [-0.25, -0.2) is 0 Å². The van der Waals surface area contributed by atoms with Gasteiger partial charge in [-0.1, -0.05) is 30.3 Å². The SMILES string of the molecule is CC(=O)/C=C/N/N=C/c1ccccc1. The van der Waals surface area contributed by atoms with Crippen LogP contribution in [0.15, 0.2) is 47.7 Å². The average molecular weight is 188 g/mol. The van der Waals surface area contributed by atoms with Gasteiger partial charge in [-0.3, -0.25) is 10.2 Å². The van der Waals surface area contributed by atoms with Gasteiger partial charge in [0.15, 0.2) is 5.78 Å². The molecule has 0 radical (unpaired) electrons. The van der Waals surface area contributed by atoms with Crippen LogP contribution in [-0.2, 0) is 4.79 Å². The highest BCUT2D eigenvalue weighted by molar-refractivity contribution is 5.87. The normalized spacial score (nSPS) is 10.9. The molecule has 0 aliphatic heterocycles. The molecule has 0 unspecified atom stereocenters. The van der Waals surface area contributed by atoms with Crippen LogP contribution < -0.4 is 5.43 Å². The van der Waals surface area contributed by atoms with Crippen molar-refractivity contribution in [1.29, 1.82) is 0 Å². The molecule has 1 N–H and O–H groups in total. The van der Waals surface area contributed by atoms with Crippen LogP contribution >= 0.6 is 0 Å². The summed E-state index contributed by atoms with van der Waals surface area (Å²) in [5, 5.41) is 3.90. The summed E-state index contributed by atoms with van der Waals surface area (Å²) in [6.07, 6.45) is 4.61. The number of rotatable bonds is 4. The standard InChI is InChI=1S/C11H12N2O/c1-10(14)7-8-12-13-9-11-5-3-2-4-6-11/h2-9,12H,1H3/b8-7+,13-9+. The summed E-state index contributed by atoms with van der Waals surface area (Å²) in [5.74, 6) is -0.00703. The summed E-state index contributed by atoms with van der Waals surface area (Å²) in [7, 11) is 0. The zero-order chi connectivity index (χ0) is 10.2. The minimum absolute atomic E-state index is 0.00703. The van der Waals surface area contributed by atoms with Gasteiger partial charge >= 0.3 is 0 Å². The Hall–Kier alpha value is -1.90. The van der Waals surface area contributed by atoms with E-state index in [0.29, 0.717) is 0 Å². The second kappa shape index (κ2) is 5.70. The average Bonchev–Trinajstić information content (AvgIpc) is 2.18. The minimum Gasteiger partial charge on any atom is -0.295 e. The third-order valence-electron chi connectivity index (χ3n) is 1.48. The van der Waals surface area contributed by atoms with Crippen LogP contribution in [0.4, 0.5) is 0 Å². The van der Waals surface area contributed by atoms with Gasteiger partial charge in [0, 0.05) is 6.20 Å². The van der Waals surface area contributed by atoms with Crippen molar-refractivity contribution in [2.45, 2.75) is 6.92 Å². The highest BCUT2D eigenvalue weighted by Gasteiger charge is 1.82. The molecule has 14 heavy (non-hydrogen) atoms. The third-order valence-corrected chi connectivity index (χ3v) is 1.48. The first-order valence-corrected chi connectivity index (χ1v) is 4.30. The van der Waals surface area contributed by atoms with Crippen LogP contribution in [0.1, 0.15) is 12.5 Å². The molecule has 0 aliphatic rings. The molecule has 0 atom stereocenters. The Bertz CT molecular complexity index is 342. The molecule has 0 bridgehead atoms. The van der Waals surface area contributed by atoms with E-state index in [1.54, 1.807) is 6.21 Å². The molecule has 0 aromatic heterocycles. The van der Waals surface area contributed by atoms with E-state index in [0.717, 1.165) is 5.56 Å². The molecule has 0 amide bonds. The Morgan fingerprint density at radius 1 is 1.36 bits per heavy atom. The van der Waals surface area contributed by atoms with Crippen LogP contribution in [-0.4, -0.2) is 12.0 Å². The van der Waals surface area contributed by atoms with E-state index in [4.69, 9.17) is 0 Å². The first-order chi connectivity index (χ1) is 6.79. The molecule has 0 saturated carbocycles. The first kappa shape index (κ1) is 10.2. The van der Waals surface area contributed by atoms with Gasteiger partial charge in [-0.15, -0.1) is 0 Å². The fraction of sp³-hybridized carbons (Fsp3) is 0.0909. The predicted octanol–water partition coefficient (Wildman–Crippen LogP) is 1.71. The van der Waals surface area contributed by atoms with Crippen molar-refractivity contribution in [1.82, 2.24) is 5.43 Å². The lowest BCUT2D eigenvalue weighted by molar-refractivity contribution is -0.112. The van der Waals surface area contributed by atoms with E-state index < -0.39 is 0 Å². The van der Waals surface area contributed by atoms with Crippen molar-refractivity contribution in [3.63, 3.8) is 0 Å². The molecule has 3 heteroatoms. The van der Waals surface area contributed by atoms with E-state index in [-0.39, 0.29) is 5.78 Å². The minimum atomic E-state index is -0.00703. The Morgan fingerprint density at radius 2 is 2.07 bits per heavy atom. The Morgan fingerprint density at radius 3 is 2.71 bits per heavy atom. The van der Waals surface area contributed by atoms with Crippen molar-refractivity contribution in [3.8, 4) is 0 Å². The number of hydrazone groups is 1. The second-order valence-corrected chi connectivity index (χ2v) is 2.74. The number of nitrogens with zero attached hydrogens (tertiary/aromatic N) is 1. The first-order valence-electron chi connectivity index (χ1n) is 4.30. The smallest absolute Gasteiger partial charge is 0.154 e. The van der Waals surface area contributed by atoms with Gasteiger partial charge in [0.05, 0.1) is 6.21 Å². The number of carbonyl (C=O) groups excluding carboxylic acids is 1. The molecule has 0 heterocycles. The molecular weight excluding hydrogens is 176 g/mol. The van der Waals surface area contributed by atoms with Gasteiger partial charge in [0.2, 0.25) is 0 Å². The van der Waals surface area contributed by atoms with E-state index in [1.807, 2.05) is 30.3 Å². The molecule has 72 valence electrons. The summed E-state index contributed by atoms with van der Waals surface area (Å²) in [6, 6.07) is 9.71. The van der Waals surface area contributed by atoms with E-state index in [2.05, 4.69) is 10.5 Å². The number of benzene rings is 1. The van der Waals surface area contributed by atoms with E-state index in [9.17, 15) is 4.79 Å². The number of nitrogens with one attached hydrogen (secondary N) is 1. The summed E-state index contributed by atoms with van der Waals surface area (Å²) in [5.41, 5.74) is 3.64. The number of ketones is 1. The molecule has 3 nitrogen and oxygen atoms in total. The topological polar surface area (TPSA) is 41.5 Å². The summed E-state index contributed by atoms with van der Waals surface area (Å²) >= 11 is 0. The lowest BCUT2D eigenvalue weighted by atomic mass is 10.2. The largest absolute Gasteiger partial charge is 0.295 e. The van der Waals surface area contributed by atoms with Gasteiger partial charge in [0.1, 0.15) is 0 Å². The molecule has 0 saturated heterocycles. The highest BCUT2D eigenvalue weighted by Crippen LogP contribution is 1.92. The van der Waals surface area contributed by atoms with Gasteiger partial charge in [-0.05, 0) is 18.6 Å². The fourth-order valence-corrected chi connectivity index (χ4v) is 0.849. The maximum atomic E-state index is 10.5. The van der Waals surface area contributed by atoms with Gasteiger partial charge < -0.3 is 0 Å². The van der Waals surface area contributed by atoms with Gasteiger partial charge in [-0.2, -0.15) is 5.10 Å². The van der Waals surface area contributed by atoms with Crippen molar-refractivity contribution in [3.05, 3.63) is 48.2 Å². The maximum Gasteiger partial charge on any atom is 0.154 e. The van der Waals surface area contributed by atoms with Gasteiger partial charge in [0.25, 0.3) is 0 Å². The van der Waals surface area contributed by atoms with Crippen molar-refractivity contribution in [2.24, 2.45) is 5.10 Å². The van der Waals surface area contributed by atoms with Crippen molar-refractivity contribution < 1.29 is 4.79 Å². The highest BCUT2D eigenvalue weighted by atomic mass is 16.1. The molecule has 0 spiro atoms. The van der Waals surface area contributed by atoms with Crippen LogP contribution in [0.25, 0.3) is 0 Å². The number of carbonyl (C=O) groups is 1. The number of hydrogen-bond acceptors (Lipinski definition) is 3. The zero-order valence-electron chi connectivity index (χ0n) is 7.97. The quantitative estimate of drug-likeness (QED) is 0.444. The summed E-state index contributed by atoms with van der Waals surface area (Å²) in [6.45, 7) is 1.49. The second-order valence-electron chi connectivity index (χ2n) is 2.74. The third kappa shape index (κ3) is 4.21.